The fourth-order valence-electron chi connectivity index (χ4n) is 1.31. The average Bonchev–Trinajstić information content (AvgIpc) is 2.48. The molecule has 0 aliphatic rings. The quantitative estimate of drug-likeness (QED) is 0.825. The molecule has 0 aromatic carbocycles. The highest BCUT2D eigenvalue weighted by Crippen LogP contribution is 2.10. The van der Waals surface area contributed by atoms with E-state index in [1.807, 2.05) is 6.92 Å². The van der Waals surface area contributed by atoms with E-state index in [-0.39, 0.29) is 30.9 Å². The second-order valence-corrected chi connectivity index (χ2v) is 3.36. The predicted octanol–water partition coefficient (Wildman–Crippen LogP) is 1.13. The van der Waals surface area contributed by atoms with Crippen LogP contribution >= 0.6 is 12.4 Å². The third-order valence-electron chi connectivity index (χ3n) is 1.98. The number of carbonyl (C=O) groups excluding carboxylic acids is 2. The molecule has 0 saturated carbocycles. The van der Waals surface area contributed by atoms with Crippen LogP contribution in [-0.4, -0.2) is 28.0 Å². The van der Waals surface area contributed by atoms with E-state index in [2.05, 4.69) is 10.3 Å². The summed E-state index contributed by atoms with van der Waals surface area (Å²) in [6, 6.07) is 0. The number of anilines is 1. The van der Waals surface area contributed by atoms with Crippen molar-refractivity contribution < 1.29 is 14.3 Å². The van der Waals surface area contributed by atoms with Crippen LogP contribution in [0.1, 0.15) is 19.7 Å². The molecule has 7 heteroatoms. The van der Waals surface area contributed by atoms with Crippen molar-refractivity contribution in [1.82, 2.24) is 9.55 Å². The Kier molecular flexibility index (Phi) is 6.27. The number of imidazole rings is 1. The Morgan fingerprint density at radius 2 is 2.12 bits per heavy atom. The molecule has 1 N–H and O–H groups in total. The van der Waals surface area contributed by atoms with Gasteiger partial charge in [-0.25, -0.2) is 4.98 Å². The van der Waals surface area contributed by atoms with Crippen LogP contribution in [0.4, 0.5) is 5.82 Å². The number of nitrogens with one attached hydrogen (secondary N) is 1. The van der Waals surface area contributed by atoms with Crippen LogP contribution in [0.3, 0.4) is 0 Å². The predicted molar refractivity (Wildman–Crippen MR) is 65.1 cm³/mol. The number of carbonyl (C=O) groups is 2. The number of ether oxygens (including phenoxy) is 1. The minimum atomic E-state index is -0.321. The highest BCUT2D eigenvalue weighted by atomic mass is 35.5. The number of hydrogen-bond donors (Lipinski definition) is 1. The lowest BCUT2D eigenvalue weighted by molar-refractivity contribution is -0.141. The number of halogens is 1. The van der Waals surface area contributed by atoms with E-state index in [1.165, 1.54) is 13.8 Å². The molecule has 0 fully saturated rings. The summed E-state index contributed by atoms with van der Waals surface area (Å²) in [6.45, 7) is 5.34. The molecule has 1 amide bonds. The zero-order chi connectivity index (χ0) is 12.1. The summed E-state index contributed by atoms with van der Waals surface area (Å²) in [6.07, 6.45) is 1.57. The van der Waals surface area contributed by atoms with Gasteiger partial charge in [-0.05, 0) is 6.92 Å². The number of rotatable bonds is 4. The minimum Gasteiger partial charge on any atom is -0.464 e. The SMILES string of the molecule is CC(=O)Nc1cnc(C)n1CCOC(C)=O.Cl. The molecule has 0 aliphatic heterocycles. The molecule has 6 nitrogen and oxygen atoms in total. The Balaban J connectivity index is 0.00000256. The van der Waals surface area contributed by atoms with Gasteiger partial charge in [0.25, 0.3) is 0 Å². The van der Waals surface area contributed by atoms with Crippen molar-refractivity contribution in [3.8, 4) is 0 Å². The van der Waals surface area contributed by atoms with Gasteiger partial charge in [-0.1, -0.05) is 0 Å². The molecule has 0 aliphatic carbocycles. The van der Waals surface area contributed by atoms with Crippen molar-refractivity contribution in [1.29, 1.82) is 0 Å². The molecular weight excluding hydrogens is 246 g/mol. The van der Waals surface area contributed by atoms with Crippen LogP contribution in [0, 0.1) is 6.92 Å². The Hall–Kier alpha value is -1.56. The van der Waals surface area contributed by atoms with Crippen LogP contribution in [-0.2, 0) is 20.9 Å². The summed E-state index contributed by atoms with van der Waals surface area (Å²) in [4.78, 5) is 25.6. The van der Waals surface area contributed by atoms with Crippen molar-refractivity contribution in [2.24, 2.45) is 0 Å². The van der Waals surface area contributed by atoms with Crippen LogP contribution < -0.4 is 5.32 Å². The van der Waals surface area contributed by atoms with Gasteiger partial charge in [0.15, 0.2) is 0 Å². The van der Waals surface area contributed by atoms with E-state index >= 15 is 0 Å². The van der Waals surface area contributed by atoms with Crippen LogP contribution in [0.5, 0.6) is 0 Å². The second-order valence-electron chi connectivity index (χ2n) is 3.36. The third-order valence-corrected chi connectivity index (χ3v) is 1.98. The maximum Gasteiger partial charge on any atom is 0.302 e. The van der Waals surface area contributed by atoms with E-state index < -0.39 is 0 Å². The zero-order valence-corrected chi connectivity index (χ0v) is 10.8. The second kappa shape index (κ2) is 6.90. The molecule has 0 radical (unpaired) electrons. The fraction of sp³-hybridized carbons (Fsp3) is 0.500. The van der Waals surface area contributed by atoms with Gasteiger partial charge in [-0.2, -0.15) is 0 Å². The number of aromatic nitrogens is 2. The lowest BCUT2D eigenvalue weighted by Gasteiger charge is -2.10. The molecule has 0 bridgehead atoms. The van der Waals surface area contributed by atoms with Crippen molar-refractivity contribution in [3.05, 3.63) is 12.0 Å². The van der Waals surface area contributed by atoms with E-state index in [9.17, 15) is 9.59 Å². The summed E-state index contributed by atoms with van der Waals surface area (Å²) < 4.78 is 6.61. The first-order chi connectivity index (χ1) is 7.50. The summed E-state index contributed by atoms with van der Waals surface area (Å²) >= 11 is 0. The number of aryl methyl sites for hydroxylation is 1. The van der Waals surface area contributed by atoms with Gasteiger partial charge in [0, 0.05) is 13.8 Å². The summed E-state index contributed by atoms with van der Waals surface area (Å²) in [5.41, 5.74) is 0. The molecule has 1 heterocycles. The molecule has 0 atom stereocenters. The van der Waals surface area contributed by atoms with Crippen LogP contribution in [0.25, 0.3) is 0 Å². The Bertz CT molecular complexity index is 404. The summed E-state index contributed by atoms with van der Waals surface area (Å²) in [7, 11) is 0. The molecule has 0 saturated heterocycles. The van der Waals surface area contributed by atoms with Crippen molar-refractivity contribution >= 4 is 30.1 Å². The van der Waals surface area contributed by atoms with E-state index in [4.69, 9.17) is 4.74 Å². The third kappa shape index (κ3) is 4.86. The van der Waals surface area contributed by atoms with Crippen molar-refractivity contribution in [3.63, 3.8) is 0 Å². The zero-order valence-electron chi connectivity index (χ0n) is 10.0. The molecule has 17 heavy (non-hydrogen) atoms. The number of amides is 1. The normalized spacial score (nSPS) is 9.35. The fourth-order valence-corrected chi connectivity index (χ4v) is 1.31. The Labute approximate surface area is 106 Å². The van der Waals surface area contributed by atoms with E-state index in [1.54, 1.807) is 10.8 Å². The number of nitrogens with zero attached hydrogens (tertiary/aromatic N) is 2. The maximum absolute atomic E-state index is 10.9. The van der Waals surface area contributed by atoms with Gasteiger partial charge in [0.1, 0.15) is 18.2 Å². The first-order valence-electron chi connectivity index (χ1n) is 4.93. The smallest absolute Gasteiger partial charge is 0.302 e. The molecule has 1 aromatic heterocycles. The molecule has 0 spiro atoms. The van der Waals surface area contributed by atoms with Gasteiger partial charge in [0.05, 0.1) is 12.7 Å². The van der Waals surface area contributed by atoms with Crippen LogP contribution in [0.2, 0.25) is 0 Å². The topological polar surface area (TPSA) is 73.2 Å². The van der Waals surface area contributed by atoms with Gasteiger partial charge in [-0.15, -0.1) is 12.4 Å². The van der Waals surface area contributed by atoms with Crippen molar-refractivity contribution in [2.45, 2.75) is 27.3 Å². The van der Waals surface area contributed by atoms with Crippen molar-refractivity contribution in [2.75, 3.05) is 11.9 Å². The molecule has 1 aromatic rings. The minimum absolute atomic E-state index is 0. The molecule has 1 rings (SSSR count). The van der Waals surface area contributed by atoms with Gasteiger partial charge in [-0.3, -0.25) is 9.59 Å². The van der Waals surface area contributed by atoms with E-state index in [0.29, 0.717) is 12.4 Å². The summed E-state index contributed by atoms with van der Waals surface area (Å²) in [5, 5.41) is 2.65. The standard InChI is InChI=1S/C10H15N3O3.ClH/c1-7-11-6-10(12-8(2)14)13(7)4-5-16-9(3)15;/h6H,4-5H2,1-3H3,(H,12,14);1H. The number of esters is 1. The average molecular weight is 262 g/mol. The first-order valence-corrected chi connectivity index (χ1v) is 4.93. The van der Waals surface area contributed by atoms with Gasteiger partial charge < -0.3 is 14.6 Å². The monoisotopic (exact) mass is 261 g/mol. The molecular formula is C10H16ClN3O3. The van der Waals surface area contributed by atoms with Gasteiger partial charge in [0.2, 0.25) is 5.91 Å². The molecule has 96 valence electrons. The maximum atomic E-state index is 10.9. The largest absolute Gasteiger partial charge is 0.464 e. The molecule has 0 unspecified atom stereocenters. The lowest BCUT2D eigenvalue weighted by Crippen LogP contribution is -2.15. The Morgan fingerprint density at radius 3 is 2.65 bits per heavy atom. The van der Waals surface area contributed by atoms with Crippen LogP contribution in [0.15, 0.2) is 6.20 Å². The Morgan fingerprint density at radius 1 is 1.47 bits per heavy atom. The first kappa shape index (κ1) is 15.4. The van der Waals surface area contributed by atoms with Gasteiger partial charge >= 0.3 is 5.97 Å². The van der Waals surface area contributed by atoms with E-state index in [0.717, 1.165) is 5.82 Å². The lowest BCUT2D eigenvalue weighted by atomic mass is 10.5. The highest BCUT2D eigenvalue weighted by Gasteiger charge is 2.07. The summed E-state index contributed by atoms with van der Waals surface area (Å²) in [5.74, 6) is 0.889. The highest BCUT2D eigenvalue weighted by molar-refractivity contribution is 5.87. The number of hydrogen-bond acceptors (Lipinski definition) is 4.